The van der Waals surface area contributed by atoms with E-state index in [1.807, 2.05) is 7.05 Å². The third kappa shape index (κ3) is 2.69. The Balaban J connectivity index is 2.96. The van der Waals surface area contributed by atoms with Crippen LogP contribution in [0.3, 0.4) is 0 Å². The highest BCUT2D eigenvalue weighted by molar-refractivity contribution is 6.31. The van der Waals surface area contributed by atoms with Crippen molar-refractivity contribution in [3.8, 4) is 0 Å². The molecule has 1 rings (SSSR count). The van der Waals surface area contributed by atoms with E-state index in [2.05, 4.69) is 12.2 Å². The summed E-state index contributed by atoms with van der Waals surface area (Å²) in [5.74, 6) is -0.235. The minimum atomic E-state index is -0.235. The lowest BCUT2D eigenvalue weighted by molar-refractivity contribution is 0.535. The highest BCUT2D eigenvalue weighted by Crippen LogP contribution is 2.26. The summed E-state index contributed by atoms with van der Waals surface area (Å²) in [7, 11) is 1.86. The van der Waals surface area contributed by atoms with Crippen LogP contribution in [0.2, 0.25) is 5.02 Å². The van der Waals surface area contributed by atoms with Crippen molar-refractivity contribution in [2.75, 3.05) is 7.05 Å². The first-order valence-corrected chi connectivity index (χ1v) is 5.19. The average Bonchev–Trinajstić information content (AvgIpc) is 2.18. The van der Waals surface area contributed by atoms with Gasteiger partial charge in [0.05, 0.1) is 0 Å². The van der Waals surface area contributed by atoms with Gasteiger partial charge in [0.2, 0.25) is 0 Å². The van der Waals surface area contributed by atoms with Crippen LogP contribution in [0.25, 0.3) is 0 Å². The van der Waals surface area contributed by atoms with Crippen LogP contribution in [0.4, 0.5) is 4.39 Å². The molecule has 0 saturated heterocycles. The van der Waals surface area contributed by atoms with Crippen molar-refractivity contribution >= 4 is 11.6 Å². The van der Waals surface area contributed by atoms with Gasteiger partial charge in [-0.05, 0) is 37.2 Å². The minimum absolute atomic E-state index is 0.142. The molecule has 1 N–H and O–H groups in total. The maximum atomic E-state index is 13.0. The van der Waals surface area contributed by atoms with E-state index in [-0.39, 0.29) is 11.9 Å². The normalized spacial score (nSPS) is 12.9. The number of benzene rings is 1. The van der Waals surface area contributed by atoms with E-state index in [0.29, 0.717) is 5.02 Å². The molecule has 0 radical (unpaired) electrons. The van der Waals surface area contributed by atoms with Crippen molar-refractivity contribution in [3.05, 3.63) is 34.6 Å². The van der Waals surface area contributed by atoms with E-state index in [0.717, 1.165) is 18.4 Å². The molecule has 0 aromatic heterocycles. The van der Waals surface area contributed by atoms with Gasteiger partial charge in [0.25, 0.3) is 0 Å². The van der Waals surface area contributed by atoms with E-state index < -0.39 is 0 Å². The third-order valence-electron chi connectivity index (χ3n) is 2.26. The summed E-state index contributed by atoms with van der Waals surface area (Å²) < 4.78 is 13.0. The molecule has 0 aliphatic rings. The van der Waals surface area contributed by atoms with Crippen LogP contribution in [-0.4, -0.2) is 7.05 Å². The molecular formula is C11H15ClFN. The minimum Gasteiger partial charge on any atom is -0.313 e. The predicted molar refractivity (Wildman–Crippen MR) is 58.1 cm³/mol. The Morgan fingerprint density at radius 2 is 2.21 bits per heavy atom. The maximum Gasteiger partial charge on any atom is 0.123 e. The van der Waals surface area contributed by atoms with Crippen molar-refractivity contribution in [2.24, 2.45) is 0 Å². The van der Waals surface area contributed by atoms with Crippen molar-refractivity contribution in [1.82, 2.24) is 5.32 Å². The summed E-state index contributed by atoms with van der Waals surface area (Å²) >= 11 is 6.00. The molecule has 0 saturated carbocycles. The summed E-state index contributed by atoms with van der Waals surface area (Å²) in [4.78, 5) is 0. The van der Waals surface area contributed by atoms with E-state index in [1.54, 1.807) is 6.07 Å². The van der Waals surface area contributed by atoms with Gasteiger partial charge in [-0.15, -0.1) is 0 Å². The monoisotopic (exact) mass is 215 g/mol. The second-order valence-electron chi connectivity index (χ2n) is 3.30. The number of hydrogen-bond acceptors (Lipinski definition) is 1. The van der Waals surface area contributed by atoms with Gasteiger partial charge in [0, 0.05) is 11.1 Å². The molecule has 14 heavy (non-hydrogen) atoms. The molecule has 1 unspecified atom stereocenters. The fourth-order valence-electron chi connectivity index (χ4n) is 1.53. The molecule has 0 fully saturated rings. The predicted octanol–water partition coefficient (Wildman–Crippen LogP) is 3.54. The first-order chi connectivity index (χ1) is 6.69. The molecule has 0 spiro atoms. The SMILES string of the molecule is CCCC(NC)c1cc(F)ccc1Cl. The summed E-state index contributed by atoms with van der Waals surface area (Å²) in [6.45, 7) is 2.09. The fourth-order valence-corrected chi connectivity index (χ4v) is 1.77. The number of hydrogen-bond donors (Lipinski definition) is 1. The van der Waals surface area contributed by atoms with E-state index in [4.69, 9.17) is 11.6 Å². The van der Waals surface area contributed by atoms with Crippen LogP contribution in [0.15, 0.2) is 18.2 Å². The highest BCUT2D eigenvalue weighted by Gasteiger charge is 2.12. The summed E-state index contributed by atoms with van der Waals surface area (Å²) in [5, 5.41) is 3.76. The van der Waals surface area contributed by atoms with Crippen molar-refractivity contribution in [2.45, 2.75) is 25.8 Å². The van der Waals surface area contributed by atoms with Gasteiger partial charge in [-0.25, -0.2) is 4.39 Å². The second kappa shape index (κ2) is 5.32. The topological polar surface area (TPSA) is 12.0 Å². The Hall–Kier alpha value is -0.600. The molecule has 0 aliphatic carbocycles. The van der Waals surface area contributed by atoms with Crippen LogP contribution in [-0.2, 0) is 0 Å². The van der Waals surface area contributed by atoms with Crippen LogP contribution in [0.5, 0.6) is 0 Å². The molecule has 0 amide bonds. The third-order valence-corrected chi connectivity index (χ3v) is 2.60. The van der Waals surface area contributed by atoms with Gasteiger partial charge in [-0.3, -0.25) is 0 Å². The Bertz CT molecular complexity index is 301. The lowest BCUT2D eigenvalue weighted by atomic mass is 10.0. The van der Waals surface area contributed by atoms with Gasteiger partial charge in [0.15, 0.2) is 0 Å². The highest BCUT2D eigenvalue weighted by atomic mass is 35.5. The molecule has 0 heterocycles. The van der Waals surface area contributed by atoms with Gasteiger partial charge in [-0.1, -0.05) is 24.9 Å². The largest absolute Gasteiger partial charge is 0.313 e. The molecule has 0 aliphatic heterocycles. The lowest BCUT2D eigenvalue weighted by Gasteiger charge is -2.17. The molecule has 1 nitrogen and oxygen atoms in total. The smallest absolute Gasteiger partial charge is 0.123 e. The quantitative estimate of drug-likeness (QED) is 0.810. The number of halogens is 2. The lowest BCUT2D eigenvalue weighted by Crippen LogP contribution is -2.16. The van der Waals surface area contributed by atoms with Gasteiger partial charge < -0.3 is 5.32 Å². The Labute approximate surface area is 89.3 Å². The van der Waals surface area contributed by atoms with Crippen LogP contribution in [0, 0.1) is 5.82 Å². The Morgan fingerprint density at radius 3 is 2.79 bits per heavy atom. The zero-order chi connectivity index (χ0) is 10.6. The van der Waals surface area contributed by atoms with Gasteiger partial charge >= 0.3 is 0 Å². The van der Waals surface area contributed by atoms with Crippen LogP contribution >= 0.6 is 11.6 Å². The van der Waals surface area contributed by atoms with E-state index in [9.17, 15) is 4.39 Å². The molecular weight excluding hydrogens is 201 g/mol. The van der Waals surface area contributed by atoms with Gasteiger partial charge in [0.1, 0.15) is 5.82 Å². The first-order valence-electron chi connectivity index (χ1n) is 4.81. The molecule has 1 aromatic rings. The zero-order valence-corrected chi connectivity index (χ0v) is 9.24. The Morgan fingerprint density at radius 1 is 1.50 bits per heavy atom. The molecule has 1 aromatic carbocycles. The van der Waals surface area contributed by atoms with E-state index in [1.165, 1.54) is 12.1 Å². The van der Waals surface area contributed by atoms with Crippen molar-refractivity contribution < 1.29 is 4.39 Å². The van der Waals surface area contributed by atoms with Crippen LogP contribution < -0.4 is 5.32 Å². The molecule has 0 bridgehead atoms. The average molecular weight is 216 g/mol. The first kappa shape index (κ1) is 11.5. The van der Waals surface area contributed by atoms with Crippen molar-refractivity contribution in [3.63, 3.8) is 0 Å². The summed E-state index contributed by atoms with van der Waals surface area (Å²) in [6, 6.07) is 4.62. The maximum absolute atomic E-state index is 13.0. The number of rotatable bonds is 4. The Kier molecular flexibility index (Phi) is 4.36. The summed E-state index contributed by atoms with van der Waals surface area (Å²) in [5.41, 5.74) is 0.844. The van der Waals surface area contributed by atoms with Crippen LogP contribution in [0.1, 0.15) is 31.4 Å². The van der Waals surface area contributed by atoms with Gasteiger partial charge in [-0.2, -0.15) is 0 Å². The molecule has 1 atom stereocenters. The molecule has 3 heteroatoms. The van der Waals surface area contributed by atoms with Crippen molar-refractivity contribution in [1.29, 1.82) is 0 Å². The number of nitrogens with one attached hydrogen (secondary N) is 1. The molecule has 78 valence electrons. The fraction of sp³-hybridized carbons (Fsp3) is 0.455. The summed E-state index contributed by atoms with van der Waals surface area (Å²) in [6.07, 6.45) is 2.00. The standard InChI is InChI=1S/C11H15ClFN/c1-3-4-11(14-2)9-7-8(13)5-6-10(9)12/h5-7,11,14H,3-4H2,1-2H3. The zero-order valence-electron chi connectivity index (χ0n) is 8.48. The van der Waals surface area contributed by atoms with E-state index >= 15 is 0 Å². The second-order valence-corrected chi connectivity index (χ2v) is 3.70.